The maximum absolute atomic E-state index is 13.7. The summed E-state index contributed by atoms with van der Waals surface area (Å²) in [5.74, 6) is -0.555. The Bertz CT molecular complexity index is 668. The Labute approximate surface area is 132 Å². The van der Waals surface area contributed by atoms with E-state index < -0.39 is 11.4 Å². The van der Waals surface area contributed by atoms with Gasteiger partial charge in [0.05, 0.1) is 10.6 Å². The molecule has 0 bridgehead atoms. The average molecular weight is 333 g/mol. The fraction of sp³-hybridized carbons (Fsp3) is 0.200. The summed E-state index contributed by atoms with van der Waals surface area (Å²) in [5.41, 5.74) is 7.52. The third-order valence-corrected chi connectivity index (χ3v) is 4.35. The van der Waals surface area contributed by atoms with Crippen LogP contribution in [0.1, 0.15) is 23.6 Å². The van der Waals surface area contributed by atoms with Gasteiger partial charge in [-0.2, -0.15) is 0 Å². The van der Waals surface area contributed by atoms with Crippen molar-refractivity contribution in [1.82, 2.24) is 0 Å². The van der Waals surface area contributed by atoms with Gasteiger partial charge in [-0.25, -0.2) is 4.39 Å². The Morgan fingerprint density at radius 3 is 2.25 bits per heavy atom. The molecule has 2 aromatic carbocycles. The molecule has 0 aliphatic heterocycles. The lowest BCUT2D eigenvalue weighted by atomic mass is 9.85. The van der Waals surface area contributed by atoms with Crippen LogP contribution in [0, 0.1) is 12.7 Å². The topological polar surface area (TPSA) is 26.0 Å². The minimum Gasteiger partial charge on any atom is -0.318 e. The van der Waals surface area contributed by atoms with Crippen LogP contribution in [0.25, 0.3) is 0 Å². The molecule has 0 aliphatic rings. The predicted octanol–water partition coefficient (Wildman–Crippen LogP) is 5.32. The van der Waals surface area contributed by atoms with Crippen molar-refractivity contribution >= 4 is 34.8 Å². The first kappa shape index (κ1) is 15.6. The van der Waals surface area contributed by atoms with Gasteiger partial charge in [0.25, 0.3) is 0 Å². The highest BCUT2D eigenvalue weighted by Crippen LogP contribution is 2.36. The molecule has 0 aliphatic carbocycles. The molecular formula is C15H13Cl3FN. The van der Waals surface area contributed by atoms with Crippen LogP contribution in [0.4, 0.5) is 4.39 Å². The molecule has 1 nitrogen and oxygen atoms in total. The van der Waals surface area contributed by atoms with Gasteiger partial charge in [0.1, 0.15) is 5.82 Å². The van der Waals surface area contributed by atoms with E-state index in [-0.39, 0.29) is 5.02 Å². The van der Waals surface area contributed by atoms with E-state index in [1.807, 2.05) is 19.1 Å². The molecule has 0 saturated carbocycles. The quantitative estimate of drug-likeness (QED) is 0.740. The number of aryl methyl sites for hydroxylation is 1. The molecule has 1 atom stereocenters. The summed E-state index contributed by atoms with van der Waals surface area (Å²) in [6.45, 7) is 3.65. The molecule has 0 spiro atoms. The standard InChI is InChI=1S/C15H13Cl3FN/c1-8-3-4-9(5-11(8)16)15(2,20)10-6-14(19)13(18)7-12(10)17/h3-7H,20H2,1-2H3. The third kappa shape index (κ3) is 2.79. The van der Waals surface area contributed by atoms with Gasteiger partial charge in [-0.3, -0.25) is 0 Å². The van der Waals surface area contributed by atoms with E-state index in [1.165, 1.54) is 12.1 Å². The first-order chi connectivity index (χ1) is 9.23. The molecule has 0 radical (unpaired) electrons. The van der Waals surface area contributed by atoms with Gasteiger partial charge in [0.15, 0.2) is 0 Å². The normalized spacial score (nSPS) is 14.2. The number of halogens is 4. The van der Waals surface area contributed by atoms with Crippen molar-refractivity contribution in [3.63, 3.8) is 0 Å². The first-order valence-corrected chi connectivity index (χ1v) is 7.07. The number of rotatable bonds is 2. The highest BCUT2D eigenvalue weighted by molar-refractivity contribution is 6.35. The van der Waals surface area contributed by atoms with Crippen molar-refractivity contribution in [2.75, 3.05) is 0 Å². The first-order valence-electron chi connectivity index (χ1n) is 5.94. The highest BCUT2D eigenvalue weighted by atomic mass is 35.5. The fourth-order valence-electron chi connectivity index (χ4n) is 1.99. The minimum atomic E-state index is -0.972. The summed E-state index contributed by atoms with van der Waals surface area (Å²) in [5, 5.41) is 0.888. The van der Waals surface area contributed by atoms with Crippen molar-refractivity contribution < 1.29 is 4.39 Å². The highest BCUT2D eigenvalue weighted by Gasteiger charge is 2.28. The average Bonchev–Trinajstić information content (AvgIpc) is 2.36. The van der Waals surface area contributed by atoms with Gasteiger partial charge >= 0.3 is 0 Å². The zero-order chi connectivity index (χ0) is 15.1. The molecule has 0 aromatic heterocycles. The van der Waals surface area contributed by atoms with Gasteiger partial charge in [0, 0.05) is 10.0 Å². The van der Waals surface area contributed by atoms with Gasteiger partial charge in [-0.15, -0.1) is 0 Å². The number of benzene rings is 2. The Hall–Kier alpha value is -0.800. The van der Waals surface area contributed by atoms with Crippen molar-refractivity contribution in [3.8, 4) is 0 Å². The molecule has 106 valence electrons. The van der Waals surface area contributed by atoms with Crippen LogP contribution >= 0.6 is 34.8 Å². The zero-order valence-corrected chi connectivity index (χ0v) is 13.2. The Balaban J connectivity index is 2.59. The lowest BCUT2D eigenvalue weighted by molar-refractivity contribution is 0.582. The van der Waals surface area contributed by atoms with Crippen LogP contribution < -0.4 is 5.73 Å². The maximum atomic E-state index is 13.7. The number of nitrogens with two attached hydrogens (primary N) is 1. The van der Waals surface area contributed by atoms with Crippen LogP contribution in [0.2, 0.25) is 15.1 Å². The van der Waals surface area contributed by atoms with E-state index in [0.717, 1.165) is 11.1 Å². The second-order valence-corrected chi connectivity index (χ2v) is 6.13. The van der Waals surface area contributed by atoms with Crippen molar-refractivity contribution in [3.05, 3.63) is 67.9 Å². The molecule has 2 rings (SSSR count). The van der Waals surface area contributed by atoms with Gasteiger partial charge < -0.3 is 5.73 Å². The van der Waals surface area contributed by atoms with Crippen LogP contribution in [0.15, 0.2) is 30.3 Å². The second kappa shape index (κ2) is 5.53. The fourth-order valence-corrected chi connectivity index (χ4v) is 2.75. The van der Waals surface area contributed by atoms with E-state index in [1.54, 1.807) is 13.0 Å². The molecule has 2 N–H and O–H groups in total. The van der Waals surface area contributed by atoms with Crippen molar-refractivity contribution in [2.45, 2.75) is 19.4 Å². The summed E-state index contributed by atoms with van der Waals surface area (Å²) in [7, 11) is 0. The van der Waals surface area contributed by atoms with Crippen LogP contribution in [-0.2, 0) is 5.54 Å². The van der Waals surface area contributed by atoms with Gasteiger partial charge in [0.2, 0.25) is 0 Å². The summed E-state index contributed by atoms with van der Waals surface area (Å²) in [6.07, 6.45) is 0. The molecule has 0 heterocycles. The van der Waals surface area contributed by atoms with Gasteiger partial charge in [-0.1, -0.05) is 46.9 Å². The molecule has 5 heteroatoms. The summed E-state index contributed by atoms with van der Waals surface area (Å²) in [4.78, 5) is 0. The Morgan fingerprint density at radius 2 is 1.65 bits per heavy atom. The van der Waals surface area contributed by atoms with E-state index in [0.29, 0.717) is 15.6 Å². The molecule has 0 fully saturated rings. The summed E-state index contributed by atoms with van der Waals surface area (Å²) < 4.78 is 13.7. The molecule has 2 aromatic rings. The van der Waals surface area contributed by atoms with Crippen molar-refractivity contribution in [2.24, 2.45) is 5.73 Å². The maximum Gasteiger partial charge on any atom is 0.142 e. The molecule has 1 unspecified atom stereocenters. The van der Waals surface area contributed by atoms with E-state index >= 15 is 0 Å². The lowest BCUT2D eigenvalue weighted by Gasteiger charge is -2.27. The number of hydrogen-bond donors (Lipinski definition) is 1. The molecule has 0 amide bonds. The predicted molar refractivity (Wildman–Crippen MR) is 83.3 cm³/mol. The smallest absolute Gasteiger partial charge is 0.142 e. The van der Waals surface area contributed by atoms with E-state index in [9.17, 15) is 4.39 Å². The van der Waals surface area contributed by atoms with E-state index in [4.69, 9.17) is 40.5 Å². The van der Waals surface area contributed by atoms with Crippen LogP contribution in [-0.4, -0.2) is 0 Å². The summed E-state index contributed by atoms with van der Waals surface area (Å²) in [6, 6.07) is 8.10. The number of hydrogen-bond acceptors (Lipinski definition) is 1. The third-order valence-electron chi connectivity index (χ3n) is 3.34. The largest absolute Gasteiger partial charge is 0.318 e. The van der Waals surface area contributed by atoms with Gasteiger partial charge in [-0.05, 0) is 48.7 Å². The molecular weight excluding hydrogens is 320 g/mol. The van der Waals surface area contributed by atoms with Crippen molar-refractivity contribution in [1.29, 1.82) is 0 Å². The Kier molecular flexibility index (Phi) is 4.31. The molecule has 0 saturated heterocycles. The lowest BCUT2D eigenvalue weighted by Crippen LogP contribution is -2.34. The SMILES string of the molecule is Cc1ccc(C(C)(N)c2cc(F)c(Cl)cc2Cl)cc1Cl. The Morgan fingerprint density at radius 1 is 1.00 bits per heavy atom. The summed E-state index contributed by atoms with van der Waals surface area (Å²) >= 11 is 18.0. The zero-order valence-electron chi connectivity index (χ0n) is 11.0. The second-order valence-electron chi connectivity index (χ2n) is 4.91. The molecule has 20 heavy (non-hydrogen) atoms. The minimum absolute atomic E-state index is 0.0310. The van der Waals surface area contributed by atoms with E-state index in [2.05, 4.69) is 0 Å². The van der Waals surface area contributed by atoms with Crippen LogP contribution in [0.5, 0.6) is 0 Å². The monoisotopic (exact) mass is 331 g/mol. The van der Waals surface area contributed by atoms with Crippen LogP contribution in [0.3, 0.4) is 0 Å².